The van der Waals surface area contributed by atoms with Gasteiger partial charge in [-0.2, -0.15) is 4.39 Å². The summed E-state index contributed by atoms with van der Waals surface area (Å²) in [7, 11) is -1.15. The minimum absolute atomic E-state index is 0.104. The van der Waals surface area contributed by atoms with Gasteiger partial charge in [0, 0.05) is 11.7 Å². The first-order valence-electron chi connectivity index (χ1n) is 7.99. The summed E-state index contributed by atoms with van der Waals surface area (Å²) < 4.78 is 26.1. The van der Waals surface area contributed by atoms with E-state index in [1.165, 1.54) is 12.3 Å². The van der Waals surface area contributed by atoms with E-state index in [0.717, 1.165) is 0 Å². The van der Waals surface area contributed by atoms with Gasteiger partial charge in [0.15, 0.2) is 0 Å². The molecular weight excluding hydrogens is 312 g/mol. The zero-order valence-corrected chi connectivity index (χ0v) is 15.8. The Morgan fingerprint density at radius 3 is 1.67 bits per heavy atom. The van der Waals surface area contributed by atoms with Gasteiger partial charge >= 0.3 is 7.12 Å². The van der Waals surface area contributed by atoms with E-state index in [9.17, 15) is 14.6 Å². The molecule has 5 nitrogen and oxygen atoms in total. The number of hydrogen-bond donors (Lipinski definition) is 2. The zero-order valence-electron chi connectivity index (χ0n) is 15.8. The maximum atomic E-state index is 14.2. The van der Waals surface area contributed by atoms with Crippen LogP contribution >= 0.6 is 0 Å². The Morgan fingerprint density at radius 1 is 0.917 bits per heavy atom. The van der Waals surface area contributed by atoms with Crippen LogP contribution in [-0.4, -0.2) is 44.7 Å². The summed E-state index contributed by atoms with van der Waals surface area (Å²) in [6, 6.07) is 3.08. The highest BCUT2D eigenvalue weighted by atomic mass is 19.1. The van der Waals surface area contributed by atoms with Crippen molar-refractivity contribution in [2.24, 2.45) is 0 Å². The highest BCUT2D eigenvalue weighted by molar-refractivity contribution is 6.61. The fraction of sp³-hybridized carbons (Fsp3) is 0.706. The van der Waals surface area contributed by atoms with Crippen molar-refractivity contribution in [3.05, 3.63) is 24.3 Å². The van der Waals surface area contributed by atoms with Crippen LogP contribution in [-0.2, 0) is 9.31 Å². The molecular formula is C17H29BFNO4. The lowest BCUT2D eigenvalue weighted by atomic mass is 9.74. The van der Waals surface area contributed by atoms with Gasteiger partial charge in [0.1, 0.15) is 0 Å². The second-order valence-corrected chi connectivity index (χ2v) is 8.09. The monoisotopic (exact) mass is 341 g/mol. The molecule has 7 heteroatoms. The molecule has 1 aromatic rings. The van der Waals surface area contributed by atoms with Gasteiger partial charge in [0.2, 0.25) is 5.95 Å². The summed E-state index contributed by atoms with van der Waals surface area (Å²) in [6.45, 7) is 13.2. The predicted molar refractivity (Wildman–Crippen MR) is 92.5 cm³/mol. The second kappa shape index (κ2) is 6.71. The Balaban J connectivity index is 3.27. The fourth-order valence-corrected chi connectivity index (χ4v) is 1.55. The molecule has 0 amide bonds. The van der Waals surface area contributed by atoms with Crippen molar-refractivity contribution in [1.82, 2.24) is 4.98 Å². The minimum Gasteiger partial charge on any atom is -0.399 e. The van der Waals surface area contributed by atoms with Crippen LogP contribution in [0.25, 0.3) is 0 Å². The maximum absolute atomic E-state index is 14.2. The third kappa shape index (κ3) is 4.75. The average Bonchev–Trinajstić information content (AvgIpc) is 2.35. The highest BCUT2D eigenvalue weighted by Crippen LogP contribution is 2.30. The Kier molecular flexibility index (Phi) is 5.88. The van der Waals surface area contributed by atoms with Gasteiger partial charge in [-0.25, -0.2) is 4.98 Å². The average molecular weight is 341 g/mol. The van der Waals surface area contributed by atoms with E-state index < -0.39 is 35.5 Å². The number of nitrogens with zero attached hydrogens (tertiary/aromatic N) is 1. The fourth-order valence-electron chi connectivity index (χ4n) is 1.55. The van der Waals surface area contributed by atoms with Gasteiger partial charge in [0.25, 0.3) is 0 Å². The van der Waals surface area contributed by atoms with Crippen molar-refractivity contribution in [2.75, 3.05) is 0 Å². The summed E-state index contributed by atoms with van der Waals surface area (Å²) in [5, 5.41) is 20.7. The van der Waals surface area contributed by atoms with Gasteiger partial charge in [-0.3, -0.25) is 0 Å². The lowest BCUT2D eigenvalue weighted by Crippen LogP contribution is -2.59. The number of halogens is 1. The maximum Gasteiger partial charge on any atom is 0.499 e. The van der Waals surface area contributed by atoms with E-state index >= 15 is 0 Å². The summed E-state index contributed by atoms with van der Waals surface area (Å²) in [5.74, 6) is -0.722. The lowest BCUT2D eigenvalue weighted by molar-refractivity contribution is -0.132. The van der Waals surface area contributed by atoms with Crippen LogP contribution in [0.5, 0.6) is 0 Å². The van der Waals surface area contributed by atoms with E-state index in [4.69, 9.17) is 9.31 Å². The van der Waals surface area contributed by atoms with Crippen LogP contribution < -0.4 is 5.46 Å². The Hall–Kier alpha value is -1.02. The molecule has 1 aromatic heterocycles. The van der Waals surface area contributed by atoms with Crippen LogP contribution in [0.2, 0.25) is 0 Å². The van der Waals surface area contributed by atoms with Crippen molar-refractivity contribution in [2.45, 2.75) is 77.8 Å². The molecule has 1 heterocycles. The van der Waals surface area contributed by atoms with Crippen molar-refractivity contribution in [1.29, 1.82) is 0 Å². The van der Waals surface area contributed by atoms with Crippen LogP contribution in [0.15, 0.2) is 18.3 Å². The molecule has 0 saturated heterocycles. The summed E-state index contributed by atoms with van der Waals surface area (Å²) in [6.07, 6.45) is 1.33. The van der Waals surface area contributed by atoms with Crippen LogP contribution in [0.1, 0.15) is 55.4 Å². The molecule has 0 unspecified atom stereocenters. The number of rotatable bonds is 7. The second-order valence-electron chi connectivity index (χ2n) is 8.09. The number of aliphatic hydroxyl groups is 2. The molecule has 0 saturated carbocycles. The Bertz CT molecular complexity index is 536. The van der Waals surface area contributed by atoms with Crippen molar-refractivity contribution in [3.8, 4) is 0 Å². The van der Waals surface area contributed by atoms with Gasteiger partial charge in [-0.05, 0) is 61.5 Å². The molecule has 0 radical (unpaired) electrons. The number of pyridine rings is 1. The molecule has 0 bridgehead atoms. The van der Waals surface area contributed by atoms with Crippen molar-refractivity contribution < 1.29 is 23.9 Å². The molecule has 2 N–H and O–H groups in total. The molecule has 0 aliphatic rings. The van der Waals surface area contributed by atoms with E-state index in [1.807, 2.05) is 0 Å². The molecule has 0 aliphatic carbocycles. The Labute approximate surface area is 144 Å². The van der Waals surface area contributed by atoms with Crippen LogP contribution in [0.3, 0.4) is 0 Å². The van der Waals surface area contributed by atoms with E-state index in [2.05, 4.69) is 4.98 Å². The topological polar surface area (TPSA) is 71.8 Å². The standard InChI is InChI=1S/C17H29BFNO4/c1-14(2,21)16(5,6)23-18(12-10-9-11-20-13(12)19)24-17(7,8)15(3,4)22/h9-11,21-22H,1-8H3. The third-order valence-electron chi connectivity index (χ3n) is 4.79. The molecule has 0 aliphatic heterocycles. The van der Waals surface area contributed by atoms with Crippen LogP contribution in [0, 0.1) is 5.95 Å². The van der Waals surface area contributed by atoms with E-state index in [0.29, 0.717) is 0 Å². The molecule has 136 valence electrons. The number of aromatic nitrogens is 1. The van der Waals surface area contributed by atoms with Crippen molar-refractivity contribution >= 4 is 12.6 Å². The SMILES string of the molecule is CC(C)(O)C(C)(C)OB(OC(C)(C)C(C)(C)O)c1cccnc1F. The zero-order chi connectivity index (χ0) is 19.0. The quantitative estimate of drug-likeness (QED) is 0.587. The highest BCUT2D eigenvalue weighted by Gasteiger charge is 2.46. The molecule has 0 atom stereocenters. The molecule has 24 heavy (non-hydrogen) atoms. The predicted octanol–water partition coefficient (Wildman–Crippen LogP) is 2.05. The molecule has 0 aromatic carbocycles. The largest absolute Gasteiger partial charge is 0.499 e. The first kappa shape index (κ1) is 21.0. The normalized spacial score (nSPS) is 14.0. The van der Waals surface area contributed by atoms with Gasteiger partial charge in [-0.1, -0.05) is 6.07 Å². The minimum atomic E-state index is -1.20. The first-order valence-corrected chi connectivity index (χ1v) is 7.99. The van der Waals surface area contributed by atoms with E-state index in [-0.39, 0.29) is 5.46 Å². The summed E-state index contributed by atoms with van der Waals surface area (Å²) >= 11 is 0. The van der Waals surface area contributed by atoms with Gasteiger partial charge in [-0.15, -0.1) is 0 Å². The summed E-state index contributed by atoms with van der Waals surface area (Å²) in [4.78, 5) is 3.63. The Morgan fingerprint density at radius 2 is 1.33 bits per heavy atom. The van der Waals surface area contributed by atoms with E-state index in [1.54, 1.807) is 61.5 Å². The van der Waals surface area contributed by atoms with Gasteiger partial charge in [0.05, 0.1) is 22.4 Å². The van der Waals surface area contributed by atoms with Crippen molar-refractivity contribution in [3.63, 3.8) is 0 Å². The smallest absolute Gasteiger partial charge is 0.399 e. The summed E-state index contributed by atoms with van der Waals surface area (Å²) in [5.41, 5.74) is -4.39. The third-order valence-corrected chi connectivity index (χ3v) is 4.79. The molecule has 0 fully saturated rings. The molecule has 0 spiro atoms. The van der Waals surface area contributed by atoms with Gasteiger partial charge < -0.3 is 19.5 Å². The lowest BCUT2D eigenvalue weighted by Gasteiger charge is -2.43. The molecule has 1 rings (SSSR count). The van der Waals surface area contributed by atoms with Crippen LogP contribution in [0.4, 0.5) is 4.39 Å². The first-order chi connectivity index (χ1) is 10.6. The number of hydrogen-bond acceptors (Lipinski definition) is 5.